The van der Waals surface area contributed by atoms with Gasteiger partial charge in [-0.3, -0.25) is 0 Å². The molecule has 112 valence electrons. The molecule has 0 heterocycles. The van der Waals surface area contributed by atoms with Gasteiger partial charge in [0.15, 0.2) is 0 Å². The Kier molecular flexibility index (Phi) is 5.44. The highest BCUT2D eigenvalue weighted by atomic mass is 35.5. The Hall–Kier alpha value is -0.870. The van der Waals surface area contributed by atoms with E-state index in [2.05, 4.69) is 5.32 Å². The van der Waals surface area contributed by atoms with Gasteiger partial charge in [0.1, 0.15) is 11.6 Å². The van der Waals surface area contributed by atoms with Crippen LogP contribution in [0.15, 0.2) is 30.3 Å². The molecule has 1 nitrogen and oxygen atoms in total. The van der Waals surface area contributed by atoms with Gasteiger partial charge in [0.05, 0.1) is 11.1 Å². The molecule has 0 radical (unpaired) electrons. The predicted octanol–water partition coefficient (Wildman–Crippen LogP) is 5.62. The van der Waals surface area contributed by atoms with E-state index in [1.807, 2.05) is 6.92 Å². The summed E-state index contributed by atoms with van der Waals surface area (Å²) >= 11 is 17.7. The summed E-state index contributed by atoms with van der Waals surface area (Å²) in [7, 11) is 0. The zero-order chi connectivity index (χ0) is 15.6. The van der Waals surface area contributed by atoms with E-state index in [-0.39, 0.29) is 10.6 Å². The number of benzene rings is 2. The van der Waals surface area contributed by atoms with Crippen molar-refractivity contribution in [2.24, 2.45) is 0 Å². The van der Waals surface area contributed by atoms with Crippen LogP contribution in [0.5, 0.6) is 0 Å². The lowest BCUT2D eigenvalue weighted by Crippen LogP contribution is -2.23. The first-order valence-electron chi connectivity index (χ1n) is 6.26. The van der Waals surface area contributed by atoms with E-state index < -0.39 is 17.7 Å². The first kappa shape index (κ1) is 16.5. The highest BCUT2D eigenvalue weighted by Crippen LogP contribution is 2.33. The first-order valence-corrected chi connectivity index (χ1v) is 7.40. The van der Waals surface area contributed by atoms with Crippen molar-refractivity contribution >= 4 is 34.8 Å². The van der Waals surface area contributed by atoms with Crippen LogP contribution in [0.4, 0.5) is 8.78 Å². The van der Waals surface area contributed by atoms with Crippen LogP contribution >= 0.6 is 34.8 Å². The molecule has 1 unspecified atom stereocenters. The average molecular weight is 351 g/mol. The van der Waals surface area contributed by atoms with Crippen molar-refractivity contribution in [3.8, 4) is 0 Å². The molecule has 0 aliphatic rings. The van der Waals surface area contributed by atoms with E-state index in [1.54, 1.807) is 18.2 Å². The quantitative estimate of drug-likeness (QED) is 0.705. The van der Waals surface area contributed by atoms with Gasteiger partial charge in [0.25, 0.3) is 0 Å². The fourth-order valence-corrected chi connectivity index (χ4v) is 2.64. The third kappa shape index (κ3) is 3.67. The van der Waals surface area contributed by atoms with Crippen LogP contribution in [0.25, 0.3) is 0 Å². The number of halogens is 5. The maximum absolute atomic E-state index is 14.2. The summed E-state index contributed by atoms with van der Waals surface area (Å²) in [6, 6.07) is 6.29. The van der Waals surface area contributed by atoms with Crippen molar-refractivity contribution in [3.05, 3.63) is 68.2 Å². The molecule has 0 saturated heterocycles. The molecule has 2 aromatic carbocycles. The van der Waals surface area contributed by atoms with Gasteiger partial charge in [0.2, 0.25) is 0 Å². The second kappa shape index (κ2) is 6.93. The molecular formula is C15H12Cl3F2N. The van der Waals surface area contributed by atoms with E-state index in [0.29, 0.717) is 22.2 Å². The lowest BCUT2D eigenvalue weighted by atomic mass is 9.98. The van der Waals surface area contributed by atoms with Gasteiger partial charge in [-0.05, 0) is 42.4 Å². The first-order chi connectivity index (χ1) is 9.93. The van der Waals surface area contributed by atoms with E-state index in [4.69, 9.17) is 34.8 Å². The Labute approximate surface area is 136 Å². The normalized spacial score (nSPS) is 12.5. The summed E-state index contributed by atoms with van der Waals surface area (Å²) in [5.41, 5.74) is 0.703. The highest BCUT2D eigenvalue weighted by molar-refractivity contribution is 6.33. The molecule has 0 aliphatic carbocycles. The van der Waals surface area contributed by atoms with Crippen LogP contribution in [-0.4, -0.2) is 6.54 Å². The monoisotopic (exact) mass is 349 g/mol. The maximum Gasteiger partial charge on any atom is 0.142 e. The Morgan fingerprint density at radius 2 is 1.67 bits per heavy atom. The van der Waals surface area contributed by atoms with Crippen molar-refractivity contribution in [1.29, 1.82) is 0 Å². The van der Waals surface area contributed by atoms with E-state index in [9.17, 15) is 8.78 Å². The molecule has 0 spiro atoms. The molecule has 2 rings (SSSR count). The fourth-order valence-electron chi connectivity index (χ4n) is 2.09. The van der Waals surface area contributed by atoms with Gasteiger partial charge in [-0.2, -0.15) is 0 Å². The Morgan fingerprint density at radius 3 is 2.33 bits per heavy atom. The summed E-state index contributed by atoms with van der Waals surface area (Å²) < 4.78 is 27.8. The fraction of sp³-hybridized carbons (Fsp3) is 0.200. The van der Waals surface area contributed by atoms with Crippen LogP contribution in [-0.2, 0) is 0 Å². The molecule has 1 N–H and O–H groups in total. The van der Waals surface area contributed by atoms with Crippen LogP contribution in [0, 0.1) is 11.6 Å². The molecule has 0 aromatic heterocycles. The third-order valence-electron chi connectivity index (χ3n) is 3.03. The summed E-state index contributed by atoms with van der Waals surface area (Å²) in [5, 5.41) is 3.70. The largest absolute Gasteiger partial charge is 0.306 e. The van der Waals surface area contributed by atoms with Gasteiger partial charge in [-0.1, -0.05) is 41.7 Å². The van der Waals surface area contributed by atoms with Gasteiger partial charge in [-0.15, -0.1) is 0 Å². The standard InChI is InChI=1S/C15H12Cl3F2N/c1-2-21-15(9-5-8(16)3-4-11(9)17)10-6-14(20)12(18)7-13(10)19/h3-7,15,21H,2H2,1H3. The molecule has 0 amide bonds. The minimum atomic E-state index is -0.686. The zero-order valence-electron chi connectivity index (χ0n) is 11.1. The summed E-state index contributed by atoms with van der Waals surface area (Å²) in [6.07, 6.45) is 0. The van der Waals surface area contributed by atoms with Gasteiger partial charge in [-0.25, -0.2) is 8.78 Å². The Morgan fingerprint density at radius 1 is 0.952 bits per heavy atom. The average Bonchev–Trinajstić information content (AvgIpc) is 2.43. The van der Waals surface area contributed by atoms with Gasteiger partial charge >= 0.3 is 0 Å². The minimum Gasteiger partial charge on any atom is -0.306 e. The molecule has 0 aliphatic heterocycles. The summed E-state index contributed by atoms with van der Waals surface area (Å²) in [5.74, 6) is -1.29. The second-order valence-corrected chi connectivity index (χ2v) is 5.70. The smallest absolute Gasteiger partial charge is 0.142 e. The number of nitrogens with one attached hydrogen (secondary N) is 1. The van der Waals surface area contributed by atoms with Gasteiger partial charge in [0, 0.05) is 15.6 Å². The topological polar surface area (TPSA) is 12.0 Å². The summed E-state index contributed by atoms with van der Waals surface area (Å²) in [6.45, 7) is 2.40. The lowest BCUT2D eigenvalue weighted by Gasteiger charge is -2.21. The Balaban J connectivity index is 2.58. The van der Waals surface area contributed by atoms with E-state index in [1.165, 1.54) is 0 Å². The number of hydrogen-bond donors (Lipinski definition) is 1. The molecule has 1 atom stereocenters. The van der Waals surface area contributed by atoms with Crippen molar-refractivity contribution in [1.82, 2.24) is 5.32 Å². The minimum absolute atomic E-state index is 0.128. The molecule has 21 heavy (non-hydrogen) atoms. The van der Waals surface area contributed by atoms with Crippen molar-refractivity contribution in [2.75, 3.05) is 6.54 Å². The lowest BCUT2D eigenvalue weighted by molar-refractivity contribution is 0.545. The molecule has 2 aromatic rings. The van der Waals surface area contributed by atoms with Crippen molar-refractivity contribution < 1.29 is 8.78 Å². The number of hydrogen-bond acceptors (Lipinski definition) is 1. The molecular weight excluding hydrogens is 339 g/mol. The zero-order valence-corrected chi connectivity index (χ0v) is 13.3. The van der Waals surface area contributed by atoms with Crippen LogP contribution in [0.3, 0.4) is 0 Å². The van der Waals surface area contributed by atoms with Crippen molar-refractivity contribution in [3.63, 3.8) is 0 Å². The van der Waals surface area contributed by atoms with Crippen LogP contribution in [0.2, 0.25) is 15.1 Å². The third-order valence-corrected chi connectivity index (χ3v) is 3.90. The highest BCUT2D eigenvalue weighted by Gasteiger charge is 2.21. The van der Waals surface area contributed by atoms with E-state index >= 15 is 0 Å². The Bertz CT molecular complexity index is 662. The molecule has 0 fully saturated rings. The van der Waals surface area contributed by atoms with Crippen LogP contribution in [0.1, 0.15) is 24.1 Å². The molecule has 6 heteroatoms. The number of rotatable bonds is 4. The van der Waals surface area contributed by atoms with E-state index in [0.717, 1.165) is 12.1 Å². The van der Waals surface area contributed by atoms with Crippen molar-refractivity contribution in [2.45, 2.75) is 13.0 Å². The maximum atomic E-state index is 14.2. The molecule has 0 bridgehead atoms. The van der Waals surface area contributed by atoms with Gasteiger partial charge < -0.3 is 5.32 Å². The second-order valence-electron chi connectivity index (χ2n) is 4.44. The summed E-state index contributed by atoms with van der Waals surface area (Å²) in [4.78, 5) is 0. The predicted molar refractivity (Wildman–Crippen MR) is 83.3 cm³/mol. The van der Waals surface area contributed by atoms with Crippen LogP contribution < -0.4 is 5.32 Å². The SMILES string of the molecule is CCNC(c1cc(F)c(Cl)cc1F)c1cc(Cl)ccc1Cl. The molecule has 0 saturated carbocycles.